The summed E-state index contributed by atoms with van der Waals surface area (Å²) < 4.78 is 1.78. The van der Waals surface area contributed by atoms with E-state index in [0.29, 0.717) is 6.54 Å². The Bertz CT molecular complexity index is 648. The molecule has 5 heteroatoms. The van der Waals surface area contributed by atoms with Gasteiger partial charge in [0.2, 0.25) is 5.91 Å². The molecule has 0 radical (unpaired) electrons. The van der Waals surface area contributed by atoms with Gasteiger partial charge >= 0.3 is 0 Å². The van der Waals surface area contributed by atoms with Crippen molar-refractivity contribution >= 4 is 11.6 Å². The normalized spacial score (nSPS) is 12.5. The zero-order valence-corrected chi connectivity index (χ0v) is 13.9. The van der Waals surface area contributed by atoms with Gasteiger partial charge in [-0.25, -0.2) is 0 Å². The number of carbonyl (C=O) groups excluding carboxylic acids is 1. The number of hydrogen-bond donors (Lipinski definition) is 1. The van der Waals surface area contributed by atoms with E-state index in [-0.39, 0.29) is 11.9 Å². The molecule has 1 unspecified atom stereocenters. The van der Waals surface area contributed by atoms with Gasteiger partial charge in [0.25, 0.3) is 0 Å². The fourth-order valence-electron chi connectivity index (χ4n) is 2.48. The van der Waals surface area contributed by atoms with Crippen molar-refractivity contribution in [3.05, 3.63) is 47.3 Å². The Balaban J connectivity index is 2.00. The number of nitrogens with zero attached hydrogens (tertiary/aromatic N) is 3. The molecule has 0 aliphatic carbocycles. The first-order valence-corrected chi connectivity index (χ1v) is 7.45. The van der Waals surface area contributed by atoms with Crippen molar-refractivity contribution in [1.82, 2.24) is 14.7 Å². The molecule has 1 heterocycles. The number of aromatic nitrogens is 2. The Hall–Kier alpha value is -2.14. The minimum atomic E-state index is -0.0236. The summed E-state index contributed by atoms with van der Waals surface area (Å²) >= 11 is 0. The summed E-state index contributed by atoms with van der Waals surface area (Å²) in [6.45, 7) is 6.29. The molecule has 0 spiro atoms. The van der Waals surface area contributed by atoms with E-state index >= 15 is 0 Å². The Morgan fingerprint density at radius 1 is 1.32 bits per heavy atom. The number of rotatable bonds is 5. The highest BCUT2D eigenvalue weighted by Crippen LogP contribution is 2.20. The van der Waals surface area contributed by atoms with Gasteiger partial charge in [-0.15, -0.1) is 0 Å². The molecule has 1 N–H and O–H groups in total. The lowest BCUT2D eigenvalue weighted by atomic mass is 10.1. The van der Waals surface area contributed by atoms with Crippen LogP contribution >= 0.6 is 0 Å². The van der Waals surface area contributed by atoms with Crippen molar-refractivity contribution in [3.8, 4) is 0 Å². The van der Waals surface area contributed by atoms with Crippen LogP contribution in [0.15, 0.2) is 30.3 Å². The number of carbonyl (C=O) groups is 1. The van der Waals surface area contributed by atoms with E-state index in [2.05, 4.69) is 29.5 Å². The van der Waals surface area contributed by atoms with Crippen LogP contribution < -0.4 is 5.32 Å². The number of benzene rings is 1. The minimum absolute atomic E-state index is 0.0236. The third-order valence-corrected chi connectivity index (χ3v) is 4.11. The van der Waals surface area contributed by atoms with Crippen molar-refractivity contribution in [1.29, 1.82) is 0 Å². The summed E-state index contributed by atoms with van der Waals surface area (Å²) in [5, 5.41) is 7.29. The van der Waals surface area contributed by atoms with E-state index in [4.69, 9.17) is 0 Å². The molecule has 0 aliphatic heterocycles. The van der Waals surface area contributed by atoms with Crippen LogP contribution in [-0.2, 0) is 11.8 Å². The van der Waals surface area contributed by atoms with Crippen molar-refractivity contribution < 1.29 is 4.79 Å². The lowest BCUT2D eigenvalue weighted by Gasteiger charge is -2.24. The van der Waals surface area contributed by atoms with E-state index in [1.807, 2.05) is 51.0 Å². The molecule has 1 aromatic heterocycles. The molecule has 1 aromatic carbocycles. The summed E-state index contributed by atoms with van der Waals surface area (Å²) in [5.74, 6) is -0.0236. The van der Waals surface area contributed by atoms with Crippen LogP contribution in [0.3, 0.4) is 0 Å². The summed E-state index contributed by atoms with van der Waals surface area (Å²) in [4.78, 5) is 14.3. The summed E-state index contributed by atoms with van der Waals surface area (Å²) in [6.07, 6.45) is 0. The van der Waals surface area contributed by atoms with Gasteiger partial charge in [0, 0.05) is 13.1 Å². The van der Waals surface area contributed by atoms with Crippen molar-refractivity contribution in [2.24, 2.45) is 7.05 Å². The van der Waals surface area contributed by atoms with Crippen molar-refractivity contribution in [3.63, 3.8) is 0 Å². The van der Waals surface area contributed by atoms with Crippen LogP contribution in [0.1, 0.15) is 29.9 Å². The maximum Gasteiger partial charge on any atom is 0.238 e. The molecule has 5 nitrogen and oxygen atoms in total. The Morgan fingerprint density at radius 2 is 1.95 bits per heavy atom. The Kier molecular flexibility index (Phi) is 4.98. The van der Waals surface area contributed by atoms with Crippen molar-refractivity contribution in [2.45, 2.75) is 26.8 Å². The van der Waals surface area contributed by atoms with Crippen LogP contribution in [-0.4, -0.2) is 34.2 Å². The molecule has 0 saturated heterocycles. The minimum Gasteiger partial charge on any atom is -0.322 e. The van der Waals surface area contributed by atoms with Gasteiger partial charge in [-0.05, 0) is 33.4 Å². The van der Waals surface area contributed by atoms with Gasteiger partial charge in [-0.2, -0.15) is 5.10 Å². The van der Waals surface area contributed by atoms with Crippen LogP contribution in [0.4, 0.5) is 5.69 Å². The topological polar surface area (TPSA) is 50.2 Å². The molecular weight excluding hydrogens is 276 g/mol. The molecule has 0 bridgehead atoms. The van der Waals surface area contributed by atoms with Crippen molar-refractivity contribution in [2.75, 3.05) is 18.9 Å². The fraction of sp³-hybridized carbons (Fsp3) is 0.412. The summed E-state index contributed by atoms with van der Waals surface area (Å²) in [6, 6.07) is 10.4. The molecule has 2 rings (SSSR count). The predicted octanol–water partition coefficient (Wildman–Crippen LogP) is 2.67. The number of likely N-dealkylation sites (N-methyl/N-ethyl adjacent to an activating group) is 1. The van der Waals surface area contributed by atoms with E-state index in [1.165, 1.54) is 5.56 Å². The molecule has 1 atom stereocenters. The number of aryl methyl sites for hydroxylation is 2. The highest BCUT2D eigenvalue weighted by atomic mass is 16.2. The molecule has 22 heavy (non-hydrogen) atoms. The lowest BCUT2D eigenvalue weighted by Crippen LogP contribution is -2.32. The zero-order chi connectivity index (χ0) is 16.3. The standard InChI is InChI=1S/C17H24N4O/c1-12-17(14(3)21(5)19-12)18-16(22)11-20(4)13(2)15-9-7-6-8-10-15/h6-10,13H,11H2,1-5H3,(H,18,22). The van der Waals surface area contributed by atoms with Gasteiger partial charge in [-0.1, -0.05) is 30.3 Å². The highest BCUT2D eigenvalue weighted by Gasteiger charge is 2.17. The maximum atomic E-state index is 12.3. The average molecular weight is 300 g/mol. The molecule has 0 saturated carbocycles. The second-order valence-corrected chi connectivity index (χ2v) is 5.72. The zero-order valence-electron chi connectivity index (χ0n) is 13.9. The van der Waals surface area contributed by atoms with Gasteiger partial charge < -0.3 is 5.32 Å². The second-order valence-electron chi connectivity index (χ2n) is 5.72. The maximum absolute atomic E-state index is 12.3. The monoisotopic (exact) mass is 300 g/mol. The largest absolute Gasteiger partial charge is 0.322 e. The van der Waals surface area contributed by atoms with Gasteiger partial charge in [0.15, 0.2) is 0 Å². The first-order valence-electron chi connectivity index (χ1n) is 7.45. The fourth-order valence-corrected chi connectivity index (χ4v) is 2.48. The van der Waals surface area contributed by atoms with E-state index in [1.54, 1.807) is 4.68 Å². The highest BCUT2D eigenvalue weighted by molar-refractivity contribution is 5.93. The number of nitrogens with one attached hydrogen (secondary N) is 1. The molecular formula is C17H24N4O. The van der Waals surface area contributed by atoms with E-state index in [9.17, 15) is 4.79 Å². The molecule has 2 aromatic rings. The molecule has 118 valence electrons. The average Bonchev–Trinajstić information content (AvgIpc) is 2.73. The van der Waals surface area contributed by atoms with Gasteiger partial charge in [-0.3, -0.25) is 14.4 Å². The summed E-state index contributed by atoms with van der Waals surface area (Å²) in [5.41, 5.74) is 3.82. The van der Waals surface area contributed by atoms with Crippen LogP contribution in [0.2, 0.25) is 0 Å². The predicted molar refractivity (Wildman–Crippen MR) is 88.8 cm³/mol. The third kappa shape index (κ3) is 3.54. The second kappa shape index (κ2) is 6.75. The Labute approximate surface area is 131 Å². The summed E-state index contributed by atoms with van der Waals surface area (Å²) in [7, 11) is 3.84. The van der Waals surface area contributed by atoms with Crippen LogP contribution in [0.25, 0.3) is 0 Å². The van der Waals surface area contributed by atoms with Gasteiger partial charge in [0.05, 0.1) is 23.6 Å². The van der Waals surface area contributed by atoms with Gasteiger partial charge in [0.1, 0.15) is 0 Å². The molecule has 0 fully saturated rings. The Morgan fingerprint density at radius 3 is 2.50 bits per heavy atom. The molecule has 0 aliphatic rings. The SMILES string of the molecule is Cc1nn(C)c(C)c1NC(=O)CN(C)C(C)c1ccccc1. The molecule has 1 amide bonds. The number of amides is 1. The quantitative estimate of drug-likeness (QED) is 0.923. The third-order valence-electron chi connectivity index (χ3n) is 4.11. The smallest absolute Gasteiger partial charge is 0.238 e. The van der Waals surface area contributed by atoms with E-state index < -0.39 is 0 Å². The number of anilines is 1. The van der Waals surface area contributed by atoms with Crippen LogP contribution in [0.5, 0.6) is 0 Å². The first kappa shape index (κ1) is 16.2. The van der Waals surface area contributed by atoms with E-state index in [0.717, 1.165) is 17.1 Å². The van der Waals surface area contributed by atoms with Crippen LogP contribution in [0, 0.1) is 13.8 Å². The first-order chi connectivity index (χ1) is 10.4. The lowest BCUT2D eigenvalue weighted by molar-refractivity contribution is -0.117. The number of hydrogen-bond acceptors (Lipinski definition) is 3.